The molecule has 1 aromatic rings. The molecule has 2 bridgehead atoms. The number of nitrogens with two attached hydrogens (primary N) is 1. The maximum absolute atomic E-state index is 12.6. The number of hydrogen-bond acceptors (Lipinski definition) is 5. The van der Waals surface area contributed by atoms with Crippen molar-refractivity contribution in [2.75, 3.05) is 6.54 Å². The molecule has 1 amide bonds. The largest absolute Gasteiger partial charge is 0.507 e. The quantitative estimate of drug-likeness (QED) is 0.723. The molecule has 3 aliphatic carbocycles. The number of hydrogen-bond donors (Lipinski definition) is 3. The van der Waals surface area contributed by atoms with Crippen molar-refractivity contribution in [3.63, 3.8) is 0 Å². The van der Waals surface area contributed by atoms with E-state index >= 15 is 0 Å². The van der Waals surface area contributed by atoms with E-state index in [-0.39, 0.29) is 35.1 Å². The van der Waals surface area contributed by atoms with Gasteiger partial charge in [-0.25, -0.2) is 0 Å². The maximum atomic E-state index is 12.6. The molecular formula is C23H30N2O4. The third kappa shape index (κ3) is 2.36. The van der Waals surface area contributed by atoms with E-state index in [2.05, 4.69) is 18.7 Å². The van der Waals surface area contributed by atoms with E-state index in [0.717, 1.165) is 12.1 Å². The van der Waals surface area contributed by atoms with E-state index in [9.17, 15) is 19.8 Å². The van der Waals surface area contributed by atoms with Gasteiger partial charge in [0, 0.05) is 41.9 Å². The SMILES string of the molecule is CC(C)(C1CC1)N1CC[C@]23CC(=O)CC[C@@]2(O)C1Cc1ccc(C(N)=O)c(O)c13. The van der Waals surface area contributed by atoms with E-state index in [1.165, 1.54) is 12.8 Å². The van der Waals surface area contributed by atoms with Gasteiger partial charge in [-0.05, 0) is 63.5 Å². The van der Waals surface area contributed by atoms with Gasteiger partial charge in [0.2, 0.25) is 0 Å². The molecule has 1 aliphatic heterocycles. The third-order valence-electron chi connectivity index (χ3n) is 8.56. The summed E-state index contributed by atoms with van der Waals surface area (Å²) in [4.78, 5) is 26.9. The number of aromatic hydroxyl groups is 1. The van der Waals surface area contributed by atoms with Gasteiger partial charge >= 0.3 is 0 Å². The van der Waals surface area contributed by atoms with Crippen molar-refractivity contribution >= 4 is 11.7 Å². The van der Waals surface area contributed by atoms with Crippen LogP contribution in [0.25, 0.3) is 0 Å². The van der Waals surface area contributed by atoms with Crippen LogP contribution in [0.3, 0.4) is 0 Å². The van der Waals surface area contributed by atoms with Crippen LogP contribution in [-0.2, 0) is 16.6 Å². The summed E-state index contributed by atoms with van der Waals surface area (Å²) in [6.07, 6.45) is 4.59. The lowest BCUT2D eigenvalue weighted by atomic mass is 9.48. The van der Waals surface area contributed by atoms with Crippen LogP contribution in [0, 0.1) is 5.92 Å². The van der Waals surface area contributed by atoms with Crippen LogP contribution in [0.15, 0.2) is 12.1 Å². The zero-order valence-electron chi connectivity index (χ0n) is 17.2. The number of rotatable bonds is 3. The topological polar surface area (TPSA) is 104 Å². The number of fused-ring (bicyclic) bond motifs is 1. The van der Waals surface area contributed by atoms with Crippen molar-refractivity contribution in [3.05, 3.63) is 28.8 Å². The van der Waals surface area contributed by atoms with Crippen molar-refractivity contribution < 1.29 is 19.8 Å². The molecular weight excluding hydrogens is 368 g/mol. The third-order valence-corrected chi connectivity index (χ3v) is 8.56. The number of piperidine rings is 1. The molecule has 1 saturated heterocycles. The lowest BCUT2D eigenvalue weighted by molar-refractivity contribution is -0.189. The molecule has 0 aromatic heterocycles. The van der Waals surface area contributed by atoms with Gasteiger partial charge in [-0.3, -0.25) is 14.5 Å². The van der Waals surface area contributed by atoms with Gasteiger partial charge in [0.15, 0.2) is 0 Å². The van der Waals surface area contributed by atoms with Crippen molar-refractivity contribution in [2.45, 2.75) is 81.4 Å². The molecule has 156 valence electrons. The monoisotopic (exact) mass is 398 g/mol. The smallest absolute Gasteiger partial charge is 0.252 e. The van der Waals surface area contributed by atoms with Gasteiger partial charge < -0.3 is 15.9 Å². The molecule has 5 rings (SSSR count). The fraction of sp³-hybridized carbons (Fsp3) is 0.652. The van der Waals surface area contributed by atoms with E-state index in [4.69, 9.17) is 5.73 Å². The summed E-state index contributed by atoms with van der Waals surface area (Å²) in [7, 11) is 0. The van der Waals surface area contributed by atoms with Gasteiger partial charge in [0.1, 0.15) is 11.5 Å². The molecule has 6 nitrogen and oxygen atoms in total. The highest BCUT2D eigenvalue weighted by atomic mass is 16.3. The number of amides is 1. The van der Waals surface area contributed by atoms with Gasteiger partial charge in [0.25, 0.3) is 5.91 Å². The van der Waals surface area contributed by atoms with E-state index in [1.54, 1.807) is 6.07 Å². The highest BCUT2D eigenvalue weighted by Gasteiger charge is 2.67. The summed E-state index contributed by atoms with van der Waals surface area (Å²) in [6.45, 7) is 5.32. The van der Waals surface area contributed by atoms with Crippen molar-refractivity contribution in [3.8, 4) is 5.75 Å². The van der Waals surface area contributed by atoms with Crippen LogP contribution >= 0.6 is 0 Å². The first-order chi connectivity index (χ1) is 13.6. The Balaban J connectivity index is 1.72. The predicted octanol–water partition coefficient (Wildman–Crippen LogP) is 2.03. The molecule has 1 heterocycles. The molecule has 29 heavy (non-hydrogen) atoms. The van der Waals surface area contributed by atoms with Crippen LogP contribution < -0.4 is 5.73 Å². The Morgan fingerprint density at radius 2 is 2.00 bits per heavy atom. The number of nitrogens with zero attached hydrogens (tertiary/aromatic N) is 1. The van der Waals surface area contributed by atoms with E-state index in [0.29, 0.717) is 37.2 Å². The molecule has 4 aliphatic rings. The number of Topliss-reactive ketones (excluding diaryl/α,β-unsaturated/α-hetero) is 1. The first-order valence-corrected chi connectivity index (χ1v) is 10.8. The Morgan fingerprint density at radius 3 is 2.66 bits per heavy atom. The standard InChI is InChI=1S/C23H30N2O4/c1-21(2,14-4-5-14)25-10-9-22-12-15(26)7-8-23(22,29)17(25)11-13-3-6-16(20(24)28)19(27)18(13)22/h3,6,14,17,27,29H,4-5,7-12H2,1-2H3,(H2,24,28)/t17?,22-,23-/m1/s1. The van der Waals surface area contributed by atoms with Crippen LogP contribution in [-0.4, -0.2) is 50.5 Å². The Kier molecular flexibility index (Phi) is 3.83. The lowest BCUT2D eigenvalue weighted by Gasteiger charge is -2.65. The molecule has 1 aromatic carbocycles. The van der Waals surface area contributed by atoms with Crippen LogP contribution in [0.1, 0.15) is 73.9 Å². The number of benzene rings is 1. The number of ketones is 1. The highest BCUT2D eigenvalue weighted by Crippen LogP contribution is 2.61. The molecule has 2 saturated carbocycles. The van der Waals surface area contributed by atoms with E-state index < -0.39 is 16.9 Å². The average molecular weight is 399 g/mol. The molecule has 0 radical (unpaired) electrons. The fourth-order valence-corrected chi connectivity index (χ4v) is 6.83. The molecule has 4 N–H and O–H groups in total. The molecule has 0 spiro atoms. The predicted molar refractivity (Wildman–Crippen MR) is 108 cm³/mol. The fourth-order valence-electron chi connectivity index (χ4n) is 6.83. The summed E-state index contributed by atoms with van der Waals surface area (Å²) < 4.78 is 0. The summed E-state index contributed by atoms with van der Waals surface area (Å²) in [5.41, 5.74) is 5.09. The number of aliphatic hydroxyl groups is 1. The second kappa shape index (κ2) is 5.82. The van der Waals surface area contributed by atoms with Crippen LogP contribution in [0.4, 0.5) is 0 Å². The summed E-state index contributed by atoms with van der Waals surface area (Å²) in [5.74, 6) is -0.0887. The molecule has 6 heteroatoms. The summed E-state index contributed by atoms with van der Waals surface area (Å²) in [6, 6.07) is 3.33. The number of carbonyl (C=O) groups is 2. The van der Waals surface area contributed by atoms with Crippen LogP contribution in [0.2, 0.25) is 0 Å². The molecule has 1 unspecified atom stereocenters. The maximum Gasteiger partial charge on any atom is 0.252 e. The van der Waals surface area contributed by atoms with Gasteiger partial charge in [0.05, 0.1) is 11.2 Å². The second-order valence-electron chi connectivity index (χ2n) is 10.2. The van der Waals surface area contributed by atoms with Crippen molar-refractivity contribution in [1.82, 2.24) is 4.90 Å². The average Bonchev–Trinajstić information content (AvgIpc) is 3.47. The minimum Gasteiger partial charge on any atom is -0.507 e. The van der Waals surface area contributed by atoms with Gasteiger partial charge in [-0.15, -0.1) is 0 Å². The summed E-state index contributed by atoms with van der Waals surface area (Å²) >= 11 is 0. The first-order valence-electron chi connectivity index (χ1n) is 10.8. The highest BCUT2D eigenvalue weighted by molar-refractivity contribution is 5.96. The minimum absolute atomic E-state index is 0.0132. The zero-order valence-corrected chi connectivity index (χ0v) is 17.2. The normalized spacial score (nSPS) is 34.4. The zero-order chi connectivity index (χ0) is 20.8. The minimum atomic E-state index is -1.11. The van der Waals surface area contributed by atoms with Crippen LogP contribution in [0.5, 0.6) is 5.75 Å². The van der Waals surface area contributed by atoms with E-state index in [1.807, 2.05) is 6.07 Å². The number of carbonyl (C=O) groups excluding carboxylic acids is 2. The Hall–Kier alpha value is -1.92. The van der Waals surface area contributed by atoms with Crippen molar-refractivity contribution in [1.29, 1.82) is 0 Å². The Bertz CT molecular complexity index is 922. The Morgan fingerprint density at radius 1 is 1.28 bits per heavy atom. The Labute approximate surface area is 171 Å². The molecule has 3 atom stereocenters. The molecule has 3 fully saturated rings. The lowest BCUT2D eigenvalue weighted by Crippen LogP contribution is -2.75. The second-order valence-corrected chi connectivity index (χ2v) is 10.2. The first kappa shape index (κ1) is 19.1. The van der Waals surface area contributed by atoms with Gasteiger partial charge in [-0.2, -0.15) is 0 Å². The van der Waals surface area contributed by atoms with Crippen molar-refractivity contribution in [2.24, 2.45) is 11.7 Å². The number of primary amides is 1. The summed E-state index contributed by atoms with van der Waals surface area (Å²) in [5, 5.41) is 23.2. The number of phenols is 1. The van der Waals surface area contributed by atoms with Gasteiger partial charge in [-0.1, -0.05) is 6.07 Å². The number of likely N-dealkylation sites (tertiary alicyclic amines) is 1.